The number of nitrogens with zero attached hydrogens (tertiary/aromatic N) is 2. The first-order chi connectivity index (χ1) is 9.60. The highest BCUT2D eigenvalue weighted by molar-refractivity contribution is 5.66. The van der Waals surface area contributed by atoms with Crippen molar-refractivity contribution >= 4 is 22.7 Å². The molecule has 102 valence electrons. The van der Waals surface area contributed by atoms with Crippen LogP contribution in [0, 0.1) is 11.3 Å². The van der Waals surface area contributed by atoms with Crippen molar-refractivity contribution in [3.8, 4) is 6.07 Å². The van der Waals surface area contributed by atoms with E-state index in [1.165, 1.54) is 0 Å². The third-order valence-corrected chi connectivity index (χ3v) is 3.08. The molecule has 0 aromatic heterocycles. The van der Waals surface area contributed by atoms with Gasteiger partial charge in [0.25, 0.3) is 0 Å². The first kappa shape index (κ1) is 13.8. The summed E-state index contributed by atoms with van der Waals surface area (Å²) < 4.78 is 0. The van der Waals surface area contributed by atoms with Crippen molar-refractivity contribution in [1.82, 2.24) is 0 Å². The van der Waals surface area contributed by atoms with E-state index in [2.05, 4.69) is 28.4 Å². The fourth-order valence-corrected chi connectivity index (χ4v) is 1.93. The highest BCUT2D eigenvalue weighted by Crippen LogP contribution is 2.23. The van der Waals surface area contributed by atoms with Gasteiger partial charge in [-0.15, -0.1) is 0 Å². The third-order valence-electron chi connectivity index (χ3n) is 3.08. The van der Waals surface area contributed by atoms with E-state index in [1.54, 1.807) is 0 Å². The highest BCUT2D eigenvalue weighted by Gasteiger charge is 2.02. The maximum atomic E-state index is 8.78. The third kappa shape index (κ3) is 3.21. The van der Waals surface area contributed by atoms with Crippen LogP contribution in [0.15, 0.2) is 42.5 Å². The summed E-state index contributed by atoms with van der Waals surface area (Å²) in [5.74, 6) is 0. The standard InChI is InChI=1S/C16H18N4/c1-20(2)15-6-3-13(4-7-15)19-14-5-8-16(18)12(11-14)9-10-17/h3-8,11,19H,9,18H2,1-2H3. The molecule has 4 nitrogen and oxygen atoms in total. The molecular formula is C16H18N4. The zero-order valence-electron chi connectivity index (χ0n) is 11.7. The van der Waals surface area contributed by atoms with E-state index in [0.717, 1.165) is 22.6 Å². The van der Waals surface area contributed by atoms with Gasteiger partial charge >= 0.3 is 0 Å². The second-order valence-corrected chi connectivity index (χ2v) is 4.81. The maximum absolute atomic E-state index is 8.78. The van der Waals surface area contributed by atoms with E-state index in [0.29, 0.717) is 12.1 Å². The van der Waals surface area contributed by atoms with E-state index >= 15 is 0 Å². The number of hydrogen-bond acceptors (Lipinski definition) is 4. The number of rotatable bonds is 4. The van der Waals surface area contributed by atoms with Crippen LogP contribution in [-0.2, 0) is 6.42 Å². The number of nitrogens with one attached hydrogen (secondary N) is 1. The summed E-state index contributed by atoms with van der Waals surface area (Å²) in [6.45, 7) is 0. The van der Waals surface area contributed by atoms with Crippen LogP contribution < -0.4 is 16.0 Å². The lowest BCUT2D eigenvalue weighted by Crippen LogP contribution is -2.08. The minimum Gasteiger partial charge on any atom is -0.398 e. The molecule has 0 saturated carbocycles. The zero-order chi connectivity index (χ0) is 14.5. The van der Waals surface area contributed by atoms with Crippen molar-refractivity contribution in [2.45, 2.75) is 6.42 Å². The Labute approximate surface area is 119 Å². The van der Waals surface area contributed by atoms with Gasteiger partial charge < -0.3 is 16.0 Å². The molecule has 0 bridgehead atoms. The van der Waals surface area contributed by atoms with Crippen molar-refractivity contribution in [2.24, 2.45) is 0 Å². The number of nitrogens with two attached hydrogens (primary N) is 1. The lowest BCUT2D eigenvalue weighted by Gasteiger charge is -2.14. The molecule has 0 heterocycles. The van der Waals surface area contributed by atoms with Gasteiger partial charge in [-0.05, 0) is 48.0 Å². The Morgan fingerprint density at radius 1 is 1.10 bits per heavy atom. The highest BCUT2D eigenvalue weighted by atomic mass is 15.1. The summed E-state index contributed by atoms with van der Waals surface area (Å²) in [6.07, 6.45) is 0.320. The molecule has 0 amide bonds. The van der Waals surface area contributed by atoms with Gasteiger partial charge in [0.2, 0.25) is 0 Å². The first-order valence-corrected chi connectivity index (χ1v) is 6.40. The number of benzene rings is 2. The Morgan fingerprint density at radius 3 is 2.35 bits per heavy atom. The topological polar surface area (TPSA) is 65.1 Å². The van der Waals surface area contributed by atoms with Crippen LogP contribution in [0.25, 0.3) is 0 Å². The van der Waals surface area contributed by atoms with E-state index < -0.39 is 0 Å². The van der Waals surface area contributed by atoms with Crippen molar-refractivity contribution in [3.05, 3.63) is 48.0 Å². The monoisotopic (exact) mass is 266 g/mol. The number of anilines is 4. The van der Waals surface area contributed by atoms with Crippen LogP contribution in [0.3, 0.4) is 0 Å². The molecule has 0 unspecified atom stereocenters. The van der Waals surface area contributed by atoms with Gasteiger partial charge in [0.15, 0.2) is 0 Å². The Balaban J connectivity index is 2.17. The van der Waals surface area contributed by atoms with Crippen LogP contribution in [0.4, 0.5) is 22.7 Å². The molecule has 20 heavy (non-hydrogen) atoms. The summed E-state index contributed by atoms with van der Waals surface area (Å²) in [5.41, 5.74) is 10.4. The van der Waals surface area contributed by atoms with E-state index in [9.17, 15) is 0 Å². The maximum Gasteiger partial charge on any atom is 0.0670 e. The lowest BCUT2D eigenvalue weighted by molar-refractivity contribution is 1.13. The molecule has 0 aliphatic heterocycles. The van der Waals surface area contributed by atoms with Crippen molar-refractivity contribution < 1.29 is 0 Å². The van der Waals surface area contributed by atoms with Gasteiger partial charge in [-0.3, -0.25) is 0 Å². The molecule has 0 atom stereocenters. The SMILES string of the molecule is CN(C)c1ccc(Nc2ccc(N)c(CC#N)c2)cc1. The second kappa shape index (κ2) is 5.98. The van der Waals surface area contributed by atoms with Crippen molar-refractivity contribution in [1.29, 1.82) is 5.26 Å². The Bertz CT molecular complexity index is 624. The molecule has 2 rings (SSSR count). The smallest absolute Gasteiger partial charge is 0.0670 e. The lowest BCUT2D eigenvalue weighted by atomic mass is 10.1. The van der Waals surface area contributed by atoms with Gasteiger partial charge in [0.1, 0.15) is 0 Å². The molecule has 0 spiro atoms. The molecule has 0 aliphatic rings. The number of nitriles is 1. The summed E-state index contributed by atoms with van der Waals surface area (Å²) in [4.78, 5) is 2.05. The number of nitrogen functional groups attached to an aromatic ring is 1. The minimum absolute atomic E-state index is 0.320. The molecular weight excluding hydrogens is 248 g/mol. The average molecular weight is 266 g/mol. The van der Waals surface area contributed by atoms with Gasteiger partial charge in [0.05, 0.1) is 12.5 Å². The molecule has 0 aliphatic carbocycles. The van der Waals surface area contributed by atoms with Gasteiger partial charge in [-0.25, -0.2) is 0 Å². The van der Waals surface area contributed by atoms with Gasteiger partial charge in [0, 0.05) is 36.8 Å². The van der Waals surface area contributed by atoms with Crippen LogP contribution in [0.5, 0.6) is 0 Å². The van der Waals surface area contributed by atoms with Crippen LogP contribution in [0.2, 0.25) is 0 Å². The zero-order valence-corrected chi connectivity index (χ0v) is 11.7. The molecule has 2 aromatic rings. The fourth-order valence-electron chi connectivity index (χ4n) is 1.93. The van der Waals surface area contributed by atoms with E-state index in [4.69, 9.17) is 11.0 Å². The average Bonchev–Trinajstić information content (AvgIpc) is 2.43. The predicted octanol–water partition coefficient (Wildman–Crippen LogP) is 3.14. The second-order valence-electron chi connectivity index (χ2n) is 4.81. The van der Waals surface area contributed by atoms with Gasteiger partial charge in [-0.1, -0.05) is 0 Å². The first-order valence-electron chi connectivity index (χ1n) is 6.40. The Hall–Kier alpha value is -2.67. The Kier molecular flexibility index (Phi) is 4.11. The summed E-state index contributed by atoms with van der Waals surface area (Å²) in [7, 11) is 4.02. The largest absolute Gasteiger partial charge is 0.398 e. The van der Waals surface area contributed by atoms with Crippen LogP contribution in [-0.4, -0.2) is 14.1 Å². The van der Waals surface area contributed by atoms with Crippen LogP contribution in [0.1, 0.15) is 5.56 Å². The minimum atomic E-state index is 0.320. The molecule has 0 fully saturated rings. The molecule has 4 heteroatoms. The fraction of sp³-hybridized carbons (Fsp3) is 0.188. The molecule has 2 aromatic carbocycles. The number of hydrogen-bond donors (Lipinski definition) is 2. The van der Waals surface area contributed by atoms with Gasteiger partial charge in [-0.2, -0.15) is 5.26 Å². The Morgan fingerprint density at radius 2 is 1.75 bits per heavy atom. The normalized spacial score (nSPS) is 9.85. The molecule has 3 N–H and O–H groups in total. The van der Waals surface area contributed by atoms with E-state index in [1.807, 2.05) is 44.4 Å². The summed E-state index contributed by atoms with van der Waals surface area (Å²) >= 11 is 0. The molecule has 0 saturated heterocycles. The summed E-state index contributed by atoms with van der Waals surface area (Å²) in [6, 6.07) is 15.9. The van der Waals surface area contributed by atoms with Crippen molar-refractivity contribution in [2.75, 3.05) is 30.0 Å². The predicted molar refractivity (Wildman–Crippen MR) is 84.2 cm³/mol. The van der Waals surface area contributed by atoms with E-state index in [-0.39, 0.29) is 0 Å². The summed E-state index contributed by atoms with van der Waals surface area (Å²) in [5, 5.41) is 12.1. The van der Waals surface area contributed by atoms with Crippen LogP contribution >= 0.6 is 0 Å². The quantitative estimate of drug-likeness (QED) is 0.834. The molecule has 0 radical (unpaired) electrons. The van der Waals surface area contributed by atoms with Crippen molar-refractivity contribution in [3.63, 3.8) is 0 Å².